The number of hydrogen-bond donors (Lipinski definition) is 2. The minimum absolute atomic E-state index is 0.202. The first-order chi connectivity index (χ1) is 12.2. The summed E-state index contributed by atoms with van der Waals surface area (Å²) in [5, 5.41) is 5.01. The summed E-state index contributed by atoms with van der Waals surface area (Å²) >= 11 is 4.09. The van der Waals surface area contributed by atoms with Gasteiger partial charge in [-0.3, -0.25) is 4.79 Å². The molecule has 3 rings (SSSR count). The molecule has 0 saturated heterocycles. The monoisotopic (exact) mass is 356 g/mol. The van der Waals surface area contributed by atoms with Gasteiger partial charge in [0.15, 0.2) is 0 Å². The average molecular weight is 356 g/mol. The number of nitrogens with one attached hydrogen (secondary N) is 1. The summed E-state index contributed by atoms with van der Waals surface area (Å²) in [6.07, 6.45) is 0.268. The van der Waals surface area contributed by atoms with Gasteiger partial charge < -0.3 is 14.6 Å². The summed E-state index contributed by atoms with van der Waals surface area (Å²) in [7, 11) is 1.29. The van der Waals surface area contributed by atoms with Crippen LogP contribution in [0.1, 0.15) is 6.42 Å². The zero-order chi connectivity index (χ0) is 17.8. The van der Waals surface area contributed by atoms with Crippen molar-refractivity contribution in [2.75, 3.05) is 12.9 Å². The Labute approximate surface area is 151 Å². The van der Waals surface area contributed by atoms with Gasteiger partial charge in [0.05, 0.1) is 7.11 Å². The number of nitrogens with zero attached hydrogens (tertiary/aromatic N) is 1. The quantitative estimate of drug-likeness (QED) is 0.527. The Morgan fingerprint density at radius 1 is 1.08 bits per heavy atom. The molecule has 5 nitrogen and oxygen atoms in total. The highest BCUT2D eigenvalue weighted by molar-refractivity contribution is 7.80. The highest BCUT2D eigenvalue weighted by Crippen LogP contribution is 2.28. The van der Waals surface area contributed by atoms with E-state index in [0.29, 0.717) is 6.54 Å². The normalized spacial score (nSPS) is 12.2. The van der Waals surface area contributed by atoms with Crippen molar-refractivity contribution in [2.45, 2.75) is 19.0 Å². The second-order valence-corrected chi connectivity index (χ2v) is 6.13. The van der Waals surface area contributed by atoms with Crippen LogP contribution in [0.3, 0.4) is 0 Å². The smallest absolute Gasteiger partial charge is 0.329 e. The van der Waals surface area contributed by atoms with Crippen LogP contribution in [0, 0.1) is 0 Å². The predicted octanol–water partition coefficient (Wildman–Crippen LogP) is 2.77. The van der Waals surface area contributed by atoms with Crippen LogP contribution in [-0.2, 0) is 20.9 Å². The van der Waals surface area contributed by atoms with Crippen LogP contribution in [0.4, 0.5) is 0 Å². The second-order valence-electron chi connectivity index (χ2n) is 5.76. The minimum atomic E-state index is -0.723. The number of para-hydroxylation sites is 2. The van der Waals surface area contributed by atoms with Crippen molar-refractivity contribution < 1.29 is 14.3 Å². The van der Waals surface area contributed by atoms with Crippen molar-refractivity contribution in [3.05, 3.63) is 48.5 Å². The van der Waals surface area contributed by atoms with Crippen LogP contribution in [0.2, 0.25) is 0 Å². The molecule has 0 fully saturated rings. The SMILES string of the molecule is COC(=O)[C@H](CS)NC(=O)CCn1c2ccccc2c2ccccc21. The van der Waals surface area contributed by atoms with E-state index in [1.54, 1.807) is 0 Å². The van der Waals surface area contributed by atoms with Crippen molar-refractivity contribution in [1.29, 1.82) is 0 Å². The molecule has 1 heterocycles. The van der Waals surface area contributed by atoms with Crippen molar-refractivity contribution >= 4 is 46.3 Å². The van der Waals surface area contributed by atoms with Gasteiger partial charge >= 0.3 is 5.97 Å². The number of carbonyl (C=O) groups excluding carboxylic acids is 2. The topological polar surface area (TPSA) is 60.3 Å². The number of fused-ring (bicyclic) bond motifs is 3. The van der Waals surface area contributed by atoms with E-state index in [1.165, 1.54) is 17.9 Å². The number of carbonyl (C=O) groups is 2. The van der Waals surface area contributed by atoms with E-state index in [4.69, 9.17) is 0 Å². The number of benzene rings is 2. The summed E-state index contributed by atoms with van der Waals surface area (Å²) in [5.74, 6) is -0.486. The number of esters is 1. The van der Waals surface area contributed by atoms with Gasteiger partial charge in [-0.15, -0.1) is 0 Å². The Morgan fingerprint density at radius 3 is 2.16 bits per heavy atom. The summed E-state index contributed by atoms with van der Waals surface area (Å²) in [4.78, 5) is 23.8. The minimum Gasteiger partial charge on any atom is -0.467 e. The van der Waals surface area contributed by atoms with Crippen LogP contribution in [-0.4, -0.2) is 35.3 Å². The Balaban J connectivity index is 1.81. The third kappa shape index (κ3) is 3.49. The van der Waals surface area contributed by atoms with Gasteiger partial charge in [-0.2, -0.15) is 12.6 Å². The van der Waals surface area contributed by atoms with Crippen LogP contribution in [0.15, 0.2) is 48.5 Å². The zero-order valence-electron chi connectivity index (χ0n) is 13.9. The molecule has 1 atom stereocenters. The van der Waals surface area contributed by atoms with Crippen LogP contribution in [0.5, 0.6) is 0 Å². The van der Waals surface area contributed by atoms with Crippen LogP contribution in [0.25, 0.3) is 21.8 Å². The lowest BCUT2D eigenvalue weighted by Crippen LogP contribution is -2.43. The fourth-order valence-corrected chi connectivity index (χ4v) is 3.29. The molecule has 3 aromatic rings. The Morgan fingerprint density at radius 2 is 1.64 bits per heavy atom. The standard InChI is InChI=1S/C19H20N2O3S/c1-24-19(23)15(12-25)20-18(22)10-11-21-16-8-4-2-6-13(16)14-7-3-5-9-17(14)21/h2-9,15,25H,10-12H2,1H3,(H,20,22)/t15-/m0/s1. The molecule has 0 aliphatic carbocycles. The van der Waals surface area contributed by atoms with Crippen LogP contribution < -0.4 is 5.32 Å². The maximum Gasteiger partial charge on any atom is 0.329 e. The van der Waals surface area contributed by atoms with E-state index in [0.717, 1.165) is 11.0 Å². The molecular formula is C19H20N2O3S. The van der Waals surface area contributed by atoms with Crippen molar-refractivity contribution in [2.24, 2.45) is 0 Å². The fourth-order valence-electron chi connectivity index (χ4n) is 3.05. The number of ether oxygens (including phenoxy) is 1. The molecule has 130 valence electrons. The number of aryl methyl sites for hydroxylation is 1. The van der Waals surface area contributed by atoms with Gasteiger partial charge in [0.25, 0.3) is 0 Å². The molecule has 6 heteroatoms. The first-order valence-corrected chi connectivity index (χ1v) is 8.73. The van der Waals surface area contributed by atoms with E-state index >= 15 is 0 Å². The van der Waals surface area contributed by atoms with E-state index in [9.17, 15) is 9.59 Å². The zero-order valence-corrected chi connectivity index (χ0v) is 14.8. The molecule has 0 bridgehead atoms. The molecule has 1 aromatic heterocycles. The summed E-state index contributed by atoms with van der Waals surface area (Å²) in [6.45, 7) is 0.528. The highest BCUT2D eigenvalue weighted by atomic mass is 32.1. The molecule has 1 amide bonds. The lowest BCUT2D eigenvalue weighted by atomic mass is 10.2. The maximum atomic E-state index is 12.2. The molecule has 25 heavy (non-hydrogen) atoms. The maximum absolute atomic E-state index is 12.2. The number of thiol groups is 1. The molecule has 0 saturated carbocycles. The third-order valence-corrected chi connectivity index (χ3v) is 4.61. The van der Waals surface area contributed by atoms with Gasteiger partial charge in [-0.25, -0.2) is 4.79 Å². The Bertz CT molecular complexity index is 866. The van der Waals surface area contributed by atoms with Crippen LogP contribution >= 0.6 is 12.6 Å². The van der Waals surface area contributed by atoms with Crippen molar-refractivity contribution in [3.8, 4) is 0 Å². The lowest BCUT2D eigenvalue weighted by molar-refractivity contribution is -0.144. The van der Waals surface area contributed by atoms with Gasteiger partial charge in [0.2, 0.25) is 5.91 Å². The van der Waals surface area contributed by atoms with E-state index in [1.807, 2.05) is 24.3 Å². The summed E-state index contributed by atoms with van der Waals surface area (Å²) in [5.41, 5.74) is 2.19. The summed E-state index contributed by atoms with van der Waals surface area (Å²) < 4.78 is 6.80. The van der Waals surface area contributed by atoms with Gasteiger partial charge in [0, 0.05) is 40.5 Å². The molecule has 2 aromatic carbocycles. The first-order valence-electron chi connectivity index (χ1n) is 8.09. The second kappa shape index (κ2) is 7.61. The largest absolute Gasteiger partial charge is 0.467 e. The molecule has 0 spiro atoms. The third-order valence-electron chi connectivity index (χ3n) is 4.25. The Kier molecular flexibility index (Phi) is 5.28. The molecular weight excluding hydrogens is 336 g/mol. The molecule has 0 unspecified atom stereocenters. The summed E-state index contributed by atoms with van der Waals surface area (Å²) in [6, 6.07) is 15.6. The van der Waals surface area contributed by atoms with Gasteiger partial charge in [0.1, 0.15) is 6.04 Å². The van der Waals surface area contributed by atoms with Gasteiger partial charge in [-0.1, -0.05) is 36.4 Å². The van der Waals surface area contributed by atoms with Crippen molar-refractivity contribution in [1.82, 2.24) is 9.88 Å². The van der Waals surface area contributed by atoms with E-state index in [-0.39, 0.29) is 18.1 Å². The number of rotatable bonds is 6. The number of hydrogen-bond acceptors (Lipinski definition) is 4. The van der Waals surface area contributed by atoms with Gasteiger partial charge in [-0.05, 0) is 12.1 Å². The highest BCUT2D eigenvalue weighted by Gasteiger charge is 2.20. The predicted molar refractivity (Wildman–Crippen MR) is 102 cm³/mol. The number of methoxy groups -OCH3 is 1. The van der Waals surface area contributed by atoms with E-state index in [2.05, 4.69) is 51.5 Å². The molecule has 1 N–H and O–H groups in total. The number of aromatic nitrogens is 1. The fraction of sp³-hybridized carbons (Fsp3) is 0.263. The number of amides is 1. The lowest BCUT2D eigenvalue weighted by Gasteiger charge is -2.14. The van der Waals surface area contributed by atoms with Crippen molar-refractivity contribution in [3.63, 3.8) is 0 Å². The Hall–Kier alpha value is -2.47. The first kappa shape index (κ1) is 17.4. The van der Waals surface area contributed by atoms with E-state index < -0.39 is 12.0 Å². The molecule has 0 aliphatic heterocycles. The molecule has 0 radical (unpaired) electrons. The molecule has 0 aliphatic rings. The average Bonchev–Trinajstić information content (AvgIpc) is 2.98.